The maximum absolute atomic E-state index is 12.6. The van der Waals surface area contributed by atoms with E-state index in [9.17, 15) is 4.79 Å². The van der Waals surface area contributed by atoms with E-state index >= 15 is 0 Å². The fourth-order valence-corrected chi connectivity index (χ4v) is 3.98. The van der Waals surface area contributed by atoms with E-state index in [0.29, 0.717) is 23.8 Å². The van der Waals surface area contributed by atoms with Crippen LogP contribution in [0.2, 0.25) is 5.02 Å². The van der Waals surface area contributed by atoms with Gasteiger partial charge in [-0.15, -0.1) is 0 Å². The molecule has 0 amide bonds. The molecular formula is C17H21ClO2. The molecule has 0 spiro atoms. The van der Waals surface area contributed by atoms with Crippen molar-refractivity contribution in [3.05, 3.63) is 28.3 Å². The zero-order valence-corrected chi connectivity index (χ0v) is 12.9. The first kappa shape index (κ1) is 13.9. The molecule has 2 aliphatic rings. The van der Waals surface area contributed by atoms with Gasteiger partial charge in [0.15, 0.2) is 0 Å². The number of ketones is 1. The molecule has 1 saturated carbocycles. The van der Waals surface area contributed by atoms with Crippen molar-refractivity contribution in [1.82, 2.24) is 0 Å². The molecule has 108 valence electrons. The number of ether oxygens (including phenoxy) is 1. The van der Waals surface area contributed by atoms with Gasteiger partial charge in [-0.2, -0.15) is 0 Å². The van der Waals surface area contributed by atoms with Gasteiger partial charge in [0, 0.05) is 29.3 Å². The fourth-order valence-electron chi connectivity index (χ4n) is 3.71. The van der Waals surface area contributed by atoms with Crippen molar-refractivity contribution in [2.75, 3.05) is 6.61 Å². The van der Waals surface area contributed by atoms with Crippen molar-refractivity contribution in [3.63, 3.8) is 0 Å². The second-order valence-electron chi connectivity index (χ2n) is 6.73. The van der Waals surface area contributed by atoms with Crippen LogP contribution >= 0.6 is 11.6 Å². The molecule has 0 radical (unpaired) electrons. The van der Waals surface area contributed by atoms with Gasteiger partial charge in [0.25, 0.3) is 0 Å². The van der Waals surface area contributed by atoms with Crippen LogP contribution in [-0.2, 0) is 17.6 Å². The molecule has 1 aliphatic heterocycles. The molecule has 3 heteroatoms. The van der Waals surface area contributed by atoms with Crippen molar-refractivity contribution in [2.24, 2.45) is 11.3 Å². The zero-order valence-electron chi connectivity index (χ0n) is 12.2. The van der Waals surface area contributed by atoms with E-state index in [-0.39, 0.29) is 11.3 Å². The van der Waals surface area contributed by atoms with Crippen LogP contribution in [0.25, 0.3) is 0 Å². The summed E-state index contributed by atoms with van der Waals surface area (Å²) < 4.78 is 5.69. The average Bonchev–Trinajstić information content (AvgIpc) is 2.94. The number of fused-ring (bicyclic) bond motifs is 1. The van der Waals surface area contributed by atoms with Crippen LogP contribution in [0, 0.1) is 11.3 Å². The third-order valence-electron chi connectivity index (χ3n) is 4.84. The molecule has 1 aromatic carbocycles. The van der Waals surface area contributed by atoms with Crippen LogP contribution in [-0.4, -0.2) is 12.4 Å². The van der Waals surface area contributed by atoms with Crippen molar-refractivity contribution in [3.8, 4) is 5.75 Å². The summed E-state index contributed by atoms with van der Waals surface area (Å²) in [4.78, 5) is 12.6. The summed E-state index contributed by atoms with van der Waals surface area (Å²) in [5.41, 5.74) is 2.25. The van der Waals surface area contributed by atoms with E-state index in [0.717, 1.165) is 42.6 Å². The van der Waals surface area contributed by atoms with E-state index in [1.165, 1.54) is 0 Å². The molecule has 1 unspecified atom stereocenters. The monoisotopic (exact) mass is 292 g/mol. The predicted molar refractivity (Wildman–Crippen MR) is 80.5 cm³/mol. The van der Waals surface area contributed by atoms with Crippen LogP contribution in [0.1, 0.15) is 44.2 Å². The molecule has 0 bridgehead atoms. The lowest BCUT2D eigenvalue weighted by molar-refractivity contribution is -0.124. The summed E-state index contributed by atoms with van der Waals surface area (Å²) in [7, 11) is 0. The first-order valence-electron chi connectivity index (χ1n) is 7.44. The number of benzene rings is 1. The lowest BCUT2D eigenvalue weighted by atomic mass is 9.78. The van der Waals surface area contributed by atoms with Gasteiger partial charge in [-0.3, -0.25) is 4.79 Å². The second kappa shape index (κ2) is 5.07. The Kier molecular flexibility index (Phi) is 3.53. The van der Waals surface area contributed by atoms with Crippen molar-refractivity contribution in [2.45, 2.75) is 46.0 Å². The lowest BCUT2D eigenvalue weighted by Crippen LogP contribution is -2.27. The first-order valence-corrected chi connectivity index (χ1v) is 7.82. The first-order chi connectivity index (χ1) is 9.47. The van der Waals surface area contributed by atoms with Crippen LogP contribution in [0.15, 0.2) is 12.1 Å². The highest BCUT2D eigenvalue weighted by atomic mass is 35.5. The molecule has 1 atom stereocenters. The summed E-state index contributed by atoms with van der Waals surface area (Å²) in [6.07, 6.45) is 4.68. The smallest absolute Gasteiger partial charge is 0.141 e. The summed E-state index contributed by atoms with van der Waals surface area (Å²) in [6.45, 7) is 5.12. The molecule has 20 heavy (non-hydrogen) atoms. The molecule has 3 rings (SSSR count). The minimum atomic E-state index is 0.139. The molecule has 0 saturated heterocycles. The average molecular weight is 293 g/mol. The highest BCUT2D eigenvalue weighted by Crippen LogP contribution is 2.44. The maximum atomic E-state index is 12.6. The number of halogens is 1. The topological polar surface area (TPSA) is 26.3 Å². The van der Waals surface area contributed by atoms with Gasteiger partial charge >= 0.3 is 0 Å². The van der Waals surface area contributed by atoms with Crippen LogP contribution in [0.3, 0.4) is 0 Å². The third kappa shape index (κ3) is 2.46. The van der Waals surface area contributed by atoms with Gasteiger partial charge in [-0.25, -0.2) is 0 Å². The molecule has 0 aromatic heterocycles. The van der Waals surface area contributed by atoms with Gasteiger partial charge in [-0.1, -0.05) is 31.9 Å². The van der Waals surface area contributed by atoms with Crippen LogP contribution < -0.4 is 4.74 Å². The Morgan fingerprint density at radius 2 is 2.25 bits per heavy atom. The summed E-state index contributed by atoms with van der Waals surface area (Å²) in [5, 5.41) is 0.711. The normalized spacial score (nSPS) is 23.4. The largest absolute Gasteiger partial charge is 0.493 e. The van der Waals surface area contributed by atoms with E-state index in [1.807, 2.05) is 12.1 Å². The number of carbonyl (C=O) groups is 1. The Morgan fingerprint density at radius 1 is 1.45 bits per heavy atom. The van der Waals surface area contributed by atoms with Crippen molar-refractivity contribution >= 4 is 17.4 Å². The lowest BCUT2D eigenvalue weighted by Gasteiger charge is -2.26. The maximum Gasteiger partial charge on any atom is 0.141 e. The quantitative estimate of drug-likeness (QED) is 0.834. The molecule has 1 heterocycles. The molecule has 0 N–H and O–H groups in total. The van der Waals surface area contributed by atoms with E-state index in [2.05, 4.69) is 13.8 Å². The Labute approximate surface area is 125 Å². The molecule has 1 fully saturated rings. The van der Waals surface area contributed by atoms with Crippen LogP contribution in [0.5, 0.6) is 5.75 Å². The SMILES string of the molecule is CC1(C)CCCC1C(=O)Cc1cc(Cl)cc2c1OCC2. The van der Waals surface area contributed by atoms with Gasteiger partial charge in [0.05, 0.1) is 6.61 Å². The Morgan fingerprint density at radius 3 is 2.95 bits per heavy atom. The number of rotatable bonds is 3. The van der Waals surface area contributed by atoms with Crippen molar-refractivity contribution in [1.29, 1.82) is 0 Å². The van der Waals surface area contributed by atoms with Crippen molar-refractivity contribution < 1.29 is 9.53 Å². The minimum Gasteiger partial charge on any atom is -0.493 e. The van der Waals surface area contributed by atoms with Gasteiger partial charge in [0.2, 0.25) is 0 Å². The molecule has 1 aliphatic carbocycles. The second-order valence-corrected chi connectivity index (χ2v) is 7.16. The summed E-state index contributed by atoms with van der Waals surface area (Å²) in [5.74, 6) is 1.42. The number of hydrogen-bond donors (Lipinski definition) is 0. The minimum absolute atomic E-state index is 0.139. The molecular weight excluding hydrogens is 272 g/mol. The Bertz CT molecular complexity index is 548. The molecule has 1 aromatic rings. The van der Waals surface area contributed by atoms with E-state index < -0.39 is 0 Å². The highest BCUT2D eigenvalue weighted by Gasteiger charge is 2.39. The van der Waals surface area contributed by atoms with Gasteiger partial charge in [-0.05, 0) is 36.0 Å². The number of Topliss-reactive ketones (excluding diaryl/α,β-unsaturated/α-hetero) is 1. The van der Waals surface area contributed by atoms with Gasteiger partial charge < -0.3 is 4.74 Å². The van der Waals surface area contributed by atoms with Crippen LogP contribution in [0.4, 0.5) is 0 Å². The standard InChI is InChI=1S/C17H21ClO2/c1-17(2)6-3-4-14(17)15(19)10-12-9-13(18)8-11-5-7-20-16(11)12/h8-9,14H,3-7,10H2,1-2H3. The van der Waals surface area contributed by atoms with E-state index in [4.69, 9.17) is 16.3 Å². The number of carbonyl (C=O) groups excluding carboxylic acids is 1. The van der Waals surface area contributed by atoms with Gasteiger partial charge in [0.1, 0.15) is 11.5 Å². The predicted octanol–water partition coefficient (Wildman–Crippen LogP) is 4.21. The Hall–Kier alpha value is -1.02. The summed E-state index contributed by atoms with van der Waals surface area (Å²) >= 11 is 6.16. The number of hydrogen-bond acceptors (Lipinski definition) is 2. The fraction of sp³-hybridized carbons (Fsp3) is 0.588. The zero-order chi connectivity index (χ0) is 14.3. The highest BCUT2D eigenvalue weighted by molar-refractivity contribution is 6.30. The molecule has 2 nitrogen and oxygen atoms in total. The summed E-state index contributed by atoms with van der Waals surface area (Å²) in [6, 6.07) is 3.85. The van der Waals surface area contributed by atoms with E-state index in [1.54, 1.807) is 0 Å². The third-order valence-corrected chi connectivity index (χ3v) is 5.05. The Balaban J connectivity index is 1.83.